The van der Waals surface area contributed by atoms with Gasteiger partial charge in [-0.3, -0.25) is 4.79 Å². The van der Waals surface area contributed by atoms with Crippen molar-refractivity contribution in [3.63, 3.8) is 0 Å². The molecule has 2 aliphatic carbocycles. The highest BCUT2D eigenvalue weighted by Gasteiger charge is 2.68. The van der Waals surface area contributed by atoms with Gasteiger partial charge in [0.2, 0.25) is 0 Å². The molecule has 5 atom stereocenters. The third kappa shape index (κ3) is 4.21. The summed E-state index contributed by atoms with van der Waals surface area (Å²) < 4.78 is 18.7. The summed E-state index contributed by atoms with van der Waals surface area (Å²) in [5.74, 6) is 0.754. The van der Waals surface area contributed by atoms with Gasteiger partial charge in [-0.05, 0) is 60.1 Å². The van der Waals surface area contributed by atoms with Crippen molar-refractivity contribution in [3.8, 4) is 0 Å². The van der Waals surface area contributed by atoms with Gasteiger partial charge >= 0.3 is 5.97 Å². The molecule has 0 radical (unpaired) electrons. The third-order valence-corrected chi connectivity index (χ3v) is 13.4. The Morgan fingerprint density at radius 1 is 1.17 bits per heavy atom. The molecule has 3 rings (SSSR count). The zero-order valence-corrected chi connectivity index (χ0v) is 21.3. The molecule has 3 fully saturated rings. The van der Waals surface area contributed by atoms with E-state index in [9.17, 15) is 4.79 Å². The van der Waals surface area contributed by atoms with Gasteiger partial charge in [0.1, 0.15) is 0 Å². The van der Waals surface area contributed by atoms with Crippen LogP contribution in [0, 0.1) is 22.7 Å². The molecule has 1 heterocycles. The summed E-state index contributed by atoms with van der Waals surface area (Å²) in [5, 5.41) is 0.200. The van der Waals surface area contributed by atoms with E-state index in [-0.39, 0.29) is 33.5 Å². The Balaban J connectivity index is 1.94. The van der Waals surface area contributed by atoms with Crippen LogP contribution in [-0.4, -0.2) is 39.2 Å². The maximum absolute atomic E-state index is 11.4. The molecule has 2 saturated carbocycles. The van der Waals surface area contributed by atoms with Gasteiger partial charge in [-0.25, -0.2) is 0 Å². The van der Waals surface area contributed by atoms with Crippen LogP contribution in [0.5, 0.6) is 0 Å². The van der Waals surface area contributed by atoms with Gasteiger partial charge in [0.15, 0.2) is 8.32 Å². The number of carbonyl (C=O) groups is 1. The van der Waals surface area contributed by atoms with Crippen LogP contribution >= 0.6 is 0 Å². The Labute approximate surface area is 179 Å². The van der Waals surface area contributed by atoms with E-state index in [4.69, 9.17) is 13.9 Å². The maximum Gasteiger partial charge on any atom is 0.302 e. The predicted octanol–water partition coefficient (Wildman–Crippen LogP) is 5.95. The molecule has 1 aliphatic heterocycles. The summed E-state index contributed by atoms with van der Waals surface area (Å²) in [7, 11) is -1.89. The lowest BCUT2D eigenvalue weighted by Gasteiger charge is -2.62. The van der Waals surface area contributed by atoms with Gasteiger partial charge in [-0.15, -0.1) is 0 Å². The third-order valence-electron chi connectivity index (χ3n) is 8.92. The minimum Gasteiger partial charge on any atom is -0.466 e. The lowest BCUT2D eigenvalue weighted by molar-refractivity contribution is -0.167. The molecule has 0 amide bonds. The molecule has 0 aromatic carbocycles. The normalized spacial score (nSPS) is 39.1. The summed E-state index contributed by atoms with van der Waals surface area (Å²) in [4.78, 5) is 11.4. The van der Waals surface area contributed by atoms with Crippen molar-refractivity contribution in [2.45, 2.75) is 110 Å². The Bertz CT molecular complexity index is 631. The zero-order chi connectivity index (χ0) is 21.9. The molecule has 0 N–H and O–H groups in total. The van der Waals surface area contributed by atoms with Gasteiger partial charge in [-0.1, -0.05) is 48.0 Å². The van der Waals surface area contributed by atoms with Crippen LogP contribution < -0.4 is 0 Å². The number of hydrogen-bond donors (Lipinski definition) is 0. The number of carbonyl (C=O) groups excluding carboxylic acids is 1. The van der Waals surface area contributed by atoms with Crippen LogP contribution in [-0.2, 0) is 18.7 Å². The van der Waals surface area contributed by atoms with E-state index in [1.807, 2.05) is 0 Å². The SMILES string of the molecule is CC(=O)OCC[C@H]1[C@@]2(CO2)C[C@H](O[Si](C)(C)C(C)(C)C)[C@H]2C(C)(C)CCC[C@@]21C. The first-order valence-corrected chi connectivity index (χ1v) is 14.5. The molecule has 29 heavy (non-hydrogen) atoms. The molecule has 0 unspecified atom stereocenters. The number of esters is 1. The number of ether oxygens (including phenoxy) is 2. The largest absolute Gasteiger partial charge is 0.466 e. The van der Waals surface area contributed by atoms with Crippen LogP contribution in [0.1, 0.15) is 80.6 Å². The summed E-state index contributed by atoms with van der Waals surface area (Å²) in [6.45, 7) is 22.0. The van der Waals surface area contributed by atoms with Gasteiger partial charge in [0.05, 0.1) is 24.9 Å². The molecule has 0 aromatic rings. The molecule has 1 saturated heterocycles. The van der Waals surface area contributed by atoms with E-state index in [1.54, 1.807) is 0 Å². The maximum atomic E-state index is 11.4. The van der Waals surface area contributed by atoms with Crippen molar-refractivity contribution in [2.24, 2.45) is 22.7 Å². The molecule has 1 spiro atoms. The second-order valence-corrected chi connectivity index (χ2v) is 17.2. The Morgan fingerprint density at radius 3 is 2.31 bits per heavy atom. The summed E-state index contributed by atoms with van der Waals surface area (Å²) in [6, 6.07) is 0. The van der Waals surface area contributed by atoms with Crippen LogP contribution in [0.25, 0.3) is 0 Å². The van der Waals surface area contributed by atoms with E-state index in [0.29, 0.717) is 18.4 Å². The molecule has 168 valence electrons. The Morgan fingerprint density at radius 2 is 1.79 bits per heavy atom. The first-order valence-electron chi connectivity index (χ1n) is 11.6. The van der Waals surface area contributed by atoms with Crippen LogP contribution in [0.15, 0.2) is 0 Å². The first kappa shape index (κ1) is 23.3. The van der Waals surface area contributed by atoms with Crippen molar-refractivity contribution in [1.82, 2.24) is 0 Å². The highest BCUT2D eigenvalue weighted by Crippen LogP contribution is 2.67. The fraction of sp³-hybridized carbons (Fsp3) is 0.958. The zero-order valence-electron chi connectivity index (χ0n) is 20.3. The van der Waals surface area contributed by atoms with Crippen LogP contribution in [0.3, 0.4) is 0 Å². The quantitative estimate of drug-likeness (QED) is 0.311. The van der Waals surface area contributed by atoms with E-state index >= 15 is 0 Å². The fourth-order valence-electron chi connectivity index (χ4n) is 6.64. The standard InChI is InChI=1S/C24H44O4Si/c1-17(25)26-14-11-19-23(7)13-10-12-22(5,6)20(23)18(15-24(19)16-27-24)28-29(8,9)21(2,3)4/h18-20H,10-16H2,1-9H3/t18-,19+,20-,23+,24-/m0/s1. The minimum absolute atomic E-state index is 0.0775. The van der Waals surface area contributed by atoms with Crippen molar-refractivity contribution >= 4 is 14.3 Å². The van der Waals surface area contributed by atoms with E-state index < -0.39 is 8.32 Å². The molecule has 5 heteroatoms. The van der Waals surface area contributed by atoms with Gasteiger partial charge in [0, 0.05) is 13.3 Å². The molecular weight excluding hydrogens is 380 g/mol. The van der Waals surface area contributed by atoms with Crippen LogP contribution in [0.4, 0.5) is 0 Å². The number of epoxide rings is 1. The Hall–Kier alpha value is -0.393. The first-order chi connectivity index (χ1) is 13.1. The van der Waals surface area contributed by atoms with E-state index in [0.717, 1.165) is 19.4 Å². The lowest BCUT2D eigenvalue weighted by Crippen LogP contribution is -2.63. The molecule has 0 bridgehead atoms. The van der Waals surface area contributed by atoms with Gasteiger partial charge < -0.3 is 13.9 Å². The second-order valence-electron chi connectivity index (χ2n) is 12.5. The lowest BCUT2D eigenvalue weighted by atomic mass is 9.45. The average Bonchev–Trinajstić information content (AvgIpc) is 3.27. The van der Waals surface area contributed by atoms with Gasteiger partial charge in [0.25, 0.3) is 0 Å². The number of hydrogen-bond acceptors (Lipinski definition) is 4. The highest BCUT2D eigenvalue weighted by molar-refractivity contribution is 6.74. The molecule has 3 aliphatic rings. The average molecular weight is 425 g/mol. The fourth-order valence-corrected chi connectivity index (χ4v) is 7.97. The minimum atomic E-state index is -1.89. The molecule has 0 aromatic heterocycles. The smallest absolute Gasteiger partial charge is 0.302 e. The summed E-state index contributed by atoms with van der Waals surface area (Å²) in [6.07, 6.45) is 5.88. The van der Waals surface area contributed by atoms with Crippen molar-refractivity contribution in [1.29, 1.82) is 0 Å². The van der Waals surface area contributed by atoms with Gasteiger partial charge in [-0.2, -0.15) is 0 Å². The highest BCUT2D eigenvalue weighted by atomic mass is 28.4. The topological polar surface area (TPSA) is 48.1 Å². The van der Waals surface area contributed by atoms with E-state index in [2.05, 4.69) is 54.6 Å². The Kier molecular flexibility index (Phi) is 5.89. The summed E-state index contributed by atoms with van der Waals surface area (Å²) in [5.41, 5.74) is 0.325. The van der Waals surface area contributed by atoms with Crippen molar-refractivity contribution in [2.75, 3.05) is 13.2 Å². The predicted molar refractivity (Wildman–Crippen MR) is 119 cm³/mol. The number of fused-ring (bicyclic) bond motifs is 1. The monoisotopic (exact) mass is 424 g/mol. The summed E-state index contributed by atoms with van der Waals surface area (Å²) >= 11 is 0. The second kappa shape index (κ2) is 7.34. The number of rotatable bonds is 5. The molecular formula is C24H44O4Si. The van der Waals surface area contributed by atoms with Crippen molar-refractivity contribution < 1.29 is 18.7 Å². The van der Waals surface area contributed by atoms with Crippen molar-refractivity contribution in [3.05, 3.63) is 0 Å². The molecule has 4 nitrogen and oxygen atoms in total. The van der Waals surface area contributed by atoms with Crippen LogP contribution in [0.2, 0.25) is 18.1 Å². The van der Waals surface area contributed by atoms with E-state index in [1.165, 1.54) is 26.2 Å².